The van der Waals surface area contributed by atoms with Gasteiger partial charge in [0.2, 0.25) is 10.0 Å². The molecule has 1 unspecified atom stereocenters. The maximum absolute atomic E-state index is 12.1. The zero-order chi connectivity index (χ0) is 15.0. The van der Waals surface area contributed by atoms with Crippen LogP contribution in [0.15, 0.2) is 10.3 Å². The molecule has 2 rings (SSSR count). The molecule has 6 nitrogen and oxygen atoms in total. The summed E-state index contributed by atoms with van der Waals surface area (Å²) in [6.45, 7) is 2.30. The van der Waals surface area contributed by atoms with Gasteiger partial charge in [-0.05, 0) is 30.9 Å². The number of nitrogens with one attached hydrogen (secondary N) is 1. The molecular formula is C11H18N2O4S3. The molecule has 1 aromatic heterocycles. The highest BCUT2D eigenvalue weighted by molar-refractivity contribution is 7.92. The predicted molar refractivity (Wildman–Crippen MR) is 78.9 cm³/mol. The Morgan fingerprint density at radius 1 is 1.50 bits per heavy atom. The lowest BCUT2D eigenvalue weighted by atomic mass is 10.1. The zero-order valence-corrected chi connectivity index (χ0v) is 13.6. The van der Waals surface area contributed by atoms with Gasteiger partial charge in [0, 0.05) is 18.0 Å². The van der Waals surface area contributed by atoms with E-state index in [2.05, 4.69) is 4.72 Å². The summed E-state index contributed by atoms with van der Waals surface area (Å²) in [5.41, 5.74) is 6.40. The standard InChI is InChI=1S/C11H18N2O4S3/c1-8-4-11(18-10(8)5-12)20(16,17)13-6-9-2-3-19(14,15)7-9/h4,9,13H,2-3,5-7,12H2,1H3. The van der Waals surface area contributed by atoms with E-state index in [0.29, 0.717) is 13.0 Å². The first-order valence-corrected chi connectivity index (χ1v) is 10.3. The van der Waals surface area contributed by atoms with E-state index in [1.165, 1.54) is 0 Å². The molecule has 1 aromatic rings. The van der Waals surface area contributed by atoms with Crippen molar-refractivity contribution in [2.75, 3.05) is 18.1 Å². The van der Waals surface area contributed by atoms with Crippen molar-refractivity contribution in [1.29, 1.82) is 0 Å². The van der Waals surface area contributed by atoms with E-state index in [4.69, 9.17) is 5.73 Å². The van der Waals surface area contributed by atoms with E-state index >= 15 is 0 Å². The summed E-state index contributed by atoms with van der Waals surface area (Å²) >= 11 is 1.16. The fourth-order valence-electron chi connectivity index (χ4n) is 2.16. The summed E-state index contributed by atoms with van der Waals surface area (Å²) in [6, 6.07) is 1.60. The van der Waals surface area contributed by atoms with Crippen LogP contribution in [0.25, 0.3) is 0 Å². The molecule has 0 saturated carbocycles. The number of nitrogens with two attached hydrogens (primary N) is 1. The van der Waals surface area contributed by atoms with Crippen molar-refractivity contribution in [3.63, 3.8) is 0 Å². The van der Waals surface area contributed by atoms with Crippen LogP contribution in [0.4, 0.5) is 0 Å². The second kappa shape index (κ2) is 5.72. The molecule has 2 heterocycles. The smallest absolute Gasteiger partial charge is 0.250 e. The highest BCUT2D eigenvalue weighted by atomic mass is 32.2. The van der Waals surface area contributed by atoms with Crippen molar-refractivity contribution in [3.05, 3.63) is 16.5 Å². The Labute approximate surface area is 123 Å². The molecule has 114 valence electrons. The van der Waals surface area contributed by atoms with Gasteiger partial charge >= 0.3 is 0 Å². The Hall–Kier alpha value is -0.480. The molecule has 0 aliphatic carbocycles. The number of hydrogen-bond acceptors (Lipinski definition) is 6. The quantitative estimate of drug-likeness (QED) is 0.799. The van der Waals surface area contributed by atoms with Crippen LogP contribution in [-0.2, 0) is 26.4 Å². The van der Waals surface area contributed by atoms with Crippen LogP contribution in [0.5, 0.6) is 0 Å². The van der Waals surface area contributed by atoms with Gasteiger partial charge in [-0.15, -0.1) is 11.3 Å². The first kappa shape index (κ1) is 15.9. The molecule has 1 atom stereocenters. The Bertz CT molecular complexity index is 691. The van der Waals surface area contributed by atoms with Crippen molar-refractivity contribution >= 4 is 31.2 Å². The summed E-state index contributed by atoms with van der Waals surface area (Å²) in [5.74, 6) is 0.0758. The van der Waals surface area contributed by atoms with Gasteiger partial charge in [-0.1, -0.05) is 0 Å². The third-order valence-electron chi connectivity index (χ3n) is 3.34. The summed E-state index contributed by atoms with van der Waals surface area (Å²) in [6.07, 6.45) is 0.516. The second-order valence-corrected chi connectivity index (χ2v) is 10.4. The number of aryl methyl sites for hydroxylation is 1. The molecular weight excluding hydrogens is 320 g/mol. The highest BCUT2D eigenvalue weighted by Crippen LogP contribution is 2.26. The average Bonchev–Trinajstić information content (AvgIpc) is 2.90. The zero-order valence-electron chi connectivity index (χ0n) is 11.1. The first-order valence-electron chi connectivity index (χ1n) is 6.23. The predicted octanol–water partition coefficient (Wildman–Crippen LogP) is 0.228. The fourth-order valence-corrected chi connectivity index (χ4v) is 6.65. The van der Waals surface area contributed by atoms with Crippen LogP contribution < -0.4 is 10.5 Å². The molecule has 1 aliphatic heterocycles. The van der Waals surface area contributed by atoms with Gasteiger partial charge in [-0.25, -0.2) is 21.6 Å². The summed E-state index contributed by atoms with van der Waals surface area (Å²) in [4.78, 5) is 0.841. The maximum Gasteiger partial charge on any atom is 0.250 e. The van der Waals surface area contributed by atoms with Crippen LogP contribution in [0.1, 0.15) is 16.9 Å². The lowest BCUT2D eigenvalue weighted by Crippen LogP contribution is -2.29. The van der Waals surface area contributed by atoms with Crippen molar-refractivity contribution in [1.82, 2.24) is 4.72 Å². The van der Waals surface area contributed by atoms with Crippen molar-refractivity contribution in [3.8, 4) is 0 Å². The minimum Gasteiger partial charge on any atom is -0.326 e. The molecule has 1 aliphatic rings. The number of sulfonamides is 1. The molecule has 9 heteroatoms. The molecule has 20 heavy (non-hydrogen) atoms. The molecule has 0 radical (unpaired) electrons. The molecule has 0 aromatic carbocycles. The van der Waals surface area contributed by atoms with Crippen LogP contribution in [-0.4, -0.2) is 34.9 Å². The van der Waals surface area contributed by atoms with E-state index in [-0.39, 0.29) is 28.2 Å². The second-order valence-electron chi connectivity index (χ2n) is 5.00. The van der Waals surface area contributed by atoms with Gasteiger partial charge in [-0.2, -0.15) is 0 Å². The van der Waals surface area contributed by atoms with Gasteiger partial charge < -0.3 is 5.73 Å². The fraction of sp³-hybridized carbons (Fsp3) is 0.636. The number of thiophene rings is 1. The summed E-state index contributed by atoms with van der Waals surface area (Å²) < 4.78 is 49.7. The number of hydrogen-bond donors (Lipinski definition) is 2. The molecule has 1 fully saturated rings. The minimum absolute atomic E-state index is 0.0625. The normalized spacial score (nSPS) is 22.2. The minimum atomic E-state index is -3.58. The van der Waals surface area contributed by atoms with Gasteiger partial charge in [-0.3, -0.25) is 0 Å². The molecule has 3 N–H and O–H groups in total. The lowest BCUT2D eigenvalue weighted by Gasteiger charge is -2.09. The van der Waals surface area contributed by atoms with Crippen LogP contribution in [0.3, 0.4) is 0 Å². The third-order valence-corrected chi connectivity index (χ3v) is 8.33. The van der Waals surface area contributed by atoms with Crippen molar-refractivity contribution in [2.24, 2.45) is 11.7 Å². The molecule has 0 amide bonds. The first-order chi connectivity index (χ1) is 9.23. The maximum atomic E-state index is 12.1. The number of sulfone groups is 1. The van der Waals surface area contributed by atoms with E-state index in [9.17, 15) is 16.8 Å². The average molecular weight is 338 g/mol. The van der Waals surface area contributed by atoms with Crippen LogP contribution in [0.2, 0.25) is 0 Å². The third kappa shape index (κ3) is 3.59. The van der Waals surface area contributed by atoms with Crippen LogP contribution >= 0.6 is 11.3 Å². The van der Waals surface area contributed by atoms with E-state index in [0.717, 1.165) is 21.8 Å². The largest absolute Gasteiger partial charge is 0.326 e. The van der Waals surface area contributed by atoms with E-state index in [1.807, 2.05) is 6.92 Å². The Morgan fingerprint density at radius 3 is 2.70 bits per heavy atom. The number of rotatable bonds is 5. The lowest BCUT2D eigenvalue weighted by molar-refractivity contribution is 0.544. The summed E-state index contributed by atoms with van der Waals surface area (Å²) in [7, 11) is -6.56. The molecule has 1 saturated heterocycles. The van der Waals surface area contributed by atoms with Crippen molar-refractivity contribution in [2.45, 2.75) is 24.1 Å². The van der Waals surface area contributed by atoms with Crippen LogP contribution in [0, 0.1) is 12.8 Å². The van der Waals surface area contributed by atoms with Gasteiger partial charge in [0.1, 0.15) is 4.21 Å². The van der Waals surface area contributed by atoms with Gasteiger partial charge in [0.05, 0.1) is 11.5 Å². The van der Waals surface area contributed by atoms with E-state index in [1.54, 1.807) is 6.07 Å². The molecule has 0 bridgehead atoms. The topological polar surface area (TPSA) is 106 Å². The van der Waals surface area contributed by atoms with Crippen molar-refractivity contribution < 1.29 is 16.8 Å². The highest BCUT2D eigenvalue weighted by Gasteiger charge is 2.29. The molecule has 0 spiro atoms. The van der Waals surface area contributed by atoms with Gasteiger partial charge in [0.15, 0.2) is 9.84 Å². The summed E-state index contributed by atoms with van der Waals surface area (Å²) in [5, 5.41) is 0. The SMILES string of the molecule is Cc1cc(S(=O)(=O)NCC2CCS(=O)(=O)C2)sc1CN. The Morgan fingerprint density at radius 2 is 2.20 bits per heavy atom. The Balaban J connectivity index is 2.04. The van der Waals surface area contributed by atoms with Gasteiger partial charge in [0.25, 0.3) is 0 Å². The Kier molecular flexibility index (Phi) is 4.55. The van der Waals surface area contributed by atoms with E-state index < -0.39 is 19.9 Å². The monoisotopic (exact) mass is 338 g/mol.